The summed E-state index contributed by atoms with van der Waals surface area (Å²) in [5, 5.41) is -0.743. The van der Waals surface area contributed by atoms with Gasteiger partial charge in [0.15, 0.2) is 23.3 Å². The number of carbonyl (C=O) groups is 3. The Morgan fingerprint density at radius 1 is 0.909 bits per heavy atom. The van der Waals surface area contributed by atoms with E-state index in [2.05, 4.69) is 15.9 Å². The highest BCUT2D eigenvalue weighted by Gasteiger charge is 2.50. The van der Waals surface area contributed by atoms with E-state index in [1.165, 1.54) is 27.9 Å². The van der Waals surface area contributed by atoms with Gasteiger partial charge in [0.25, 0.3) is 0 Å². The number of hydrogen-bond donors (Lipinski definition) is 0. The molecule has 0 spiro atoms. The van der Waals surface area contributed by atoms with E-state index in [1.54, 1.807) is 0 Å². The Labute approximate surface area is 136 Å². The predicted molar refractivity (Wildman–Crippen MR) is 76.1 cm³/mol. The summed E-state index contributed by atoms with van der Waals surface area (Å²) in [6.07, 6.45) is -3.61. The molecule has 0 aromatic heterocycles. The quantitative estimate of drug-likeness (QED) is 0.386. The zero-order valence-corrected chi connectivity index (χ0v) is 14.3. The average Bonchev–Trinajstić information content (AvgIpc) is 2.37. The van der Waals surface area contributed by atoms with Crippen LogP contribution in [0.15, 0.2) is 0 Å². The number of alkyl halides is 1. The lowest BCUT2D eigenvalue weighted by atomic mass is 9.99. The first-order valence-electron chi connectivity index (χ1n) is 6.56. The van der Waals surface area contributed by atoms with Gasteiger partial charge in [0, 0.05) is 27.9 Å². The molecule has 126 valence electrons. The van der Waals surface area contributed by atoms with Crippen LogP contribution in [0.5, 0.6) is 0 Å². The average molecular weight is 383 g/mol. The minimum absolute atomic E-state index is 0.102. The summed E-state index contributed by atoms with van der Waals surface area (Å²) in [6.45, 7) is 3.74. The molecule has 8 nitrogen and oxygen atoms in total. The molecule has 1 aliphatic rings. The Morgan fingerprint density at radius 2 is 1.36 bits per heavy atom. The fourth-order valence-corrected chi connectivity index (χ4v) is 2.83. The van der Waals surface area contributed by atoms with E-state index in [0.717, 1.165) is 0 Å². The molecule has 0 aliphatic carbocycles. The van der Waals surface area contributed by atoms with Crippen LogP contribution in [0.2, 0.25) is 0 Å². The van der Waals surface area contributed by atoms with Gasteiger partial charge in [0.2, 0.25) is 0 Å². The zero-order valence-electron chi connectivity index (χ0n) is 12.7. The maximum atomic E-state index is 11.4. The first-order chi connectivity index (χ1) is 10.3. The molecule has 0 aromatic rings. The minimum atomic E-state index is -1.01. The van der Waals surface area contributed by atoms with Crippen LogP contribution in [0, 0.1) is 0 Å². The summed E-state index contributed by atoms with van der Waals surface area (Å²) < 4.78 is 26.2. The molecule has 1 rings (SSSR count). The van der Waals surface area contributed by atoms with Crippen LogP contribution in [0.1, 0.15) is 20.8 Å². The Bertz CT molecular complexity index is 426. The molecule has 1 saturated heterocycles. The molecule has 5 atom stereocenters. The van der Waals surface area contributed by atoms with Gasteiger partial charge in [-0.25, -0.2) is 0 Å². The monoisotopic (exact) mass is 382 g/mol. The third-order valence-corrected chi connectivity index (χ3v) is 3.55. The van der Waals surface area contributed by atoms with Gasteiger partial charge in [0.05, 0.1) is 6.61 Å². The zero-order chi connectivity index (χ0) is 16.9. The largest absolute Gasteiger partial charge is 0.456 e. The Hall–Kier alpha value is -1.19. The number of methoxy groups -OCH3 is 1. The Morgan fingerprint density at radius 3 is 1.82 bits per heavy atom. The maximum Gasteiger partial charge on any atom is 0.303 e. The van der Waals surface area contributed by atoms with Crippen molar-refractivity contribution < 1.29 is 38.1 Å². The van der Waals surface area contributed by atoms with Gasteiger partial charge in [0.1, 0.15) is 6.10 Å². The first-order valence-corrected chi connectivity index (χ1v) is 7.48. The number of halogens is 1. The lowest BCUT2D eigenvalue weighted by Crippen LogP contribution is -2.60. The van der Waals surface area contributed by atoms with Crippen molar-refractivity contribution in [1.29, 1.82) is 0 Å². The van der Waals surface area contributed by atoms with E-state index < -0.39 is 47.3 Å². The van der Waals surface area contributed by atoms with Crippen LogP contribution in [-0.2, 0) is 38.1 Å². The van der Waals surface area contributed by atoms with Crippen molar-refractivity contribution in [3.63, 3.8) is 0 Å². The smallest absolute Gasteiger partial charge is 0.303 e. The van der Waals surface area contributed by atoms with Gasteiger partial charge in [-0.2, -0.15) is 0 Å². The van der Waals surface area contributed by atoms with Crippen LogP contribution >= 0.6 is 15.9 Å². The third-order valence-electron chi connectivity index (χ3n) is 2.81. The van der Waals surface area contributed by atoms with Gasteiger partial charge in [-0.05, 0) is 0 Å². The van der Waals surface area contributed by atoms with Crippen molar-refractivity contribution in [1.82, 2.24) is 0 Å². The van der Waals surface area contributed by atoms with Crippen LogP contribution in [0.4, 0.5) is 0 Å². The van der Waals surface area contributed by atoms with Crippen LogP contribution < -0.4 is 0 Å². The summed E-state index contributed by atoms with van der Waals surface area (Å²) in [6, 6.07) is 0. The third kappa shape index (κ3) is 5.22. The molecule has 0 saturated carbocycles. The molecule has 1 heterocycles. The lowest BCUT2D eigenvalue weighted by Gasteiger charge is -2.42. The van der Waals surface area contributed by atoms with E-state index in [0.29, 0.717) is 0 Å². The number of rotatable bonds is 5. The van der Waals surface area contributed by atoms with Crippen molar-refractivity contribution in [3.05, 3.63) is 0 Å². The summed E-state index contributed by atoms with van der Waals surface area (Å²) in [5.74, 6) is -1.76. The molecule has 0 radical (unpaired) electrons. The highest BCUT2D eigenvalue weighted by molar-refractivity contribution is 9.09. The molecule has 0 bridgehead atoms. The van der Waals surface area contributed by atoms with Gasteiger partial charge in [-0.15, -0.1) is 0 Å². The minimum Gasteiger partial charge on any atom is -0.456 e. The lowest BCUT2D eigenvalue weighted by molar-refractivity contribution is -0.236. The van der Waals surface area contributed by atoms with Crippen molar-refractivity contribution in [2.24, 2.45) is 0 Å². The van der Waals surface area contributed by atoms with E-state index in [4.69, 9.17) is 23.7 Å². The number of hydrogen-bond acceptors (Lipinski definition) is 8. The van der Waals surface area contributed by atoms with Gasteiger partial charge in [-0.1, -0.05) is 15.9 Å². The standard InChI is InChI=1S/C13H19BrO8/c1-6(15)19-10-9(5-18-4)22-13(14)12(21-8(3)17)11(10)20-7(2)16/h9-13H,5H2,1-4H3/t9-,10+,11+,12-,13+/m1/s1. The van der Waals surface area contributed by atoms with Gasteiger partial charge < -0.3 is 23.7 Å². The SMILES string of the molecule is COC[C@H]1O[C@H](Br)[C@H](OC(C)=O)[C@@H](OC(C)=O)[C@H]1OC(C)=O. The summed E-state index contributed by atoms with van der Waals surface area (Å²) in [7, 11) is 1.45. The second-order valence-electron chi connectivity index (χ2n) is 4.70. The van der Waals surface area contributed by atoms with E-state index in [9.17, 15) is 14.4 Å². The predicted octanol–water partition coefficient (Wildman–Crippen LogP) is 0.548. The Balaban J connectivity index is 3.09. The second-order valence-corrected chi connectivity index (χ2v) is 5.61. The molecular formula is C13H19BrO8. The second kappa shape index (κ2) is 8.44. The number of carbonyl (C=O) groups excluding carboxylic acids is 3. The molecule has 9 heteroatoms. The van der Waals surface area contributed by atoms with Gasteiger partial charge >= 0.3 is 17.9 Å². The number of ether oxygens (including phenoxy) is 5. The highest BCUT2D eigenvalue weighted by Crippen LogP contribution is 2.31. The highest BCUT2D eigenvalue weighted by atomic mass is 79.9. The first kappa shape index (κ1) is 18.9. The normalized spacial score (nSPS) is 31.2. The van der Waals surface area contributed by atoms with Crippen molar-refractivity contribution in [2.75, 3.05) is 13.7 Å². The van der Waals surface area contributed by atoms with Crippen molar-refractivity contribution in [3.8, 4) is 0 Å². The molecule has 1 aliphatic heterocycles. The number of esters is 3. The molecule has 1 fully saturated rings. The molecular weight excluding hydrogens is 364 g/mol. The topological polar surface area (TPSA) is 97.4 Å². The van der Waals surface area contributed by atoms with E-state index in [-0.39, 0.29) is 6.61 Å². The van der Waals surface area contributed by atoms with E-state index in [1.807, 2.05) is 0 Å². The fourth-order valence-electron chi connectivity index (χ4n) is 2.14. The maximum absolute atomic E-state index is 11.4. The molecule has 0 N–H and O–H groups in total. The Kier molecular flexibility index (Phi) is 7.24. The van der Waals surface area contributed by atoms with Crippen LogP contribution in [0.3, 0.4) is 0 Å². The molecule has 0 unspecified atom stereocenters. The van der Waals surface area contributed by atoms with Crippen LogP contribution in [0.25, 0.3) is 0 Å². The molecule has 0 amide bonds. The van der Waals surface area contributed by atoms with Crippen molar-refractivity contribution in [2.45, 2.75) is 50.2 Å². The summed E-state index contributed by atoms with van der Waals surface area (Å²) >= 11 is 3.23. The molecule has 0 aromatic carbocycles. The van der Waals surface area contributed by atoms with E-state index >= 15 is 0 Å². The van der Waals surface area contributed by atoms with Crippen molar-refractivity contribution >= 4 is 33.8 Å². The fraction of sp³-hybridized carbons (Fsp3) is 0.769. The summed E-state index contributed by atoms with van der Waals surface area (Å²) in [5.41, 5.74) is 0. The van der Waals surface area contributed by atoms with Gasteiger partial charge in [-0.3, -0.25) is 14.4 Å². The summed E-state index contributed by atoms with van der Waals surface area (Å²) in [4.78, 5) is 33.9. The molecule has 22 heavy (non-hydrogen) atoms. The van der Waals surface area contributed by atoms with Crippen LogP contribution in [-0.4, -0.2) is 61.1 Å².